The molecule has 0 aliphatic carbocycles. The fourth-order valence-corrected chi connectivity index (χ4v) is 5.13. The van der Waals surface area contributed by atoms with E-state index in [1.165, 1.54) is 0 Å². The number of carbonyl (C=O) groups excluding carboxylic acids is 1. The van der Waals surface area contributed by atoms with Crippen molar-refractivity contribution in [2.45, 2.75) is 57.7 Å². The summed E-state index contributed by atoms with van der Waals surface area (Å²) in [4.78, 5) is 13.4. The highest BCUT2D eigenvalue weighted by atomic mass is 16.6. The molecule has 0 bridgehead atoms. The minimum absolute atomic E-state index is 0.145. The van der Waals surface area contributed by atoms with E-state index >= 15 is 0 Å². The molecule has 0 aromatic heterocycles. The second-order valence-electron chi connectivity index (χ2n) is 12.8. The molecule has 2 atom stereocenters. The van der Waals surface area contributed by atoms with Crippen LogP contribution in [0.2, 0.25) is 0 Å². The number of hydrogen-bond acceptors (Lipinski definition) is 10. The maximum absolute atomic E-state index is 13.4. The van der Waals surface area contributed by atoms with Gasteiger partial charge in [0.15, 0.2) is 0 Å². The molecule has 10 heteroatoms. The number of benzene rings is 4. The fourth-order valence-electron chi connectivity index (χ4n) is 5.13. The standard InChI is InChI=1S/C42H48O10/c43-42(52-27-32-8-2-1-3-9-32)40-24-37(48-25-33-10-14-35(15-11-33)46-22-6-4-20-44-28-38-30-49-38)18-19-41(40)51-26-34-12-16-36(17-13-34)47-23-7-5-21-45-29-39-31-50-39/h1-3,8-19,24,38-39H,4-7,20-23,25-31H2. The van der Waals surface area contributed by atoms with Crippen LogP contribution in [0.25, 0.3) is 0 Å². The van der Waals surface area contributed by atoms with E-state index < -0.39 is 5.97 Å². The number of hydrogen-bond donors (Lipinski definition) is 0. The van der Waals surface area contributed by atoms with Gasteiger partial charge in [-0.25, -0.2) is 4.79 Å². The lowest BCUT2D eigenvalue weighted by atomic mass is 10.1. The SMILES string of the molecule is O=C(OCc1ccccc1)c1cc(OCc2ccc(OCCCCOCC3CO3)cc2)ccc1OCc1ccc(OCCCCOCC2CO2)cc1. The molecule has 2 saturated heterocycles. The summed E-state index contributed by atoms with van der Waals surface area (Å²) in [6.45, 7) is 6.41. The van der Waals surface area contributed by atoms with Crippen molar-refractivity contribution < 1.29 is 47.4 Å². The van der Waals surface area contributed by atoms with Crippen molar-refractivity contribution in [2.24, 2.45) is 0 Å². The molecule has 6 rings (SSSR count). The van der Waals surface area contributed by atoms with E-state index in [0.717, 1.165) is 73.7 Å². The highest BCUT2D eigenvalue weighted by Crippen LogP contribution is 2.28. The van der Waals surface area contributed by atoms with Gasteiger partial charge in [0, 0.05) is 13.2 Å². The second-order valence-corrected chi connectivity index (χ2v) is 12.8. The minimum Gasteiger partial charge on any atom is -0.494 e. The first-order chi connectivity index (χ1) is 25.7. The number of epoxide rings is 2. The van der Waals surface area contributed by atoms with Gasteiger partial charge in [0.25, 0.3) is 0 Å². The third-order valence-corrected chi connectivity index (χ3v) is 8.35. The van der Waals surface area contributed by atoms with Crippen molar-refractivity contribution in [2.75, 3.05) is 52.9 Å². The van der Waals surface area contributed by atoms with E-state index in [1.807, 2.05) is 78.9 Å². The van der Waals surface area contributed by atoms with Crippen molar-refractivity contribution >= 4 is 5.97 Å². The Morgan fingerprint density at radius 3 is 1.60 bits per heavy atom. The fraction of sp³-hybridized carbons (Fsp3) is 0.405. The Kier molecular flexibility index (Phi) is 14.6. The predicted molar refractivity (Wildman–Crippen MR) is 194 cm³/mol. The van der Waals surface area contributed by atoms with Crippen LogP contribution in [0.4, 0.5) is 0 Å². The third-order valence-electron chi connectivity index (χ3n) is 8.35. The first kappa shape index (κ1) is 37.2. The smallest absolute Gasteiger partial charge is 0.342 e. The van der Waals surface area contributed by atoms with Crippen LogP contribution in [0, 0.1) is 0 Å². The van der Waals surface area contributed by atoms with Crippen LogP contribution in [0.3, 0.4) is 0 Å². The van der Waals surface area contributed by atoms with Gasteiger partial charge < -0.3 is 42.6 Å². The van der Waals surface area contributed by atoms with Crippen molar-refractivity contribution in [3.63, 3.8) is 0 Å². The van der Waals surface area contributed by atoms with E-state index in [2.05, 4.69) is 0 Å². The molecule has 276 valence electrons. The lowest BCUT2D eigenvalue weighted by molar-refractivity contribution is 0.0467. The van der Waals surface area contributed by atoms with Gasteiger partial charge in [-0.1, -0.05) is 54.6 Å². The van der Waals surface area contributed by atoms with E-state index in [9.17, 15) is 4.79 Å². The summed E-state index contributed by atoms with van der Waals surface area (Å²) in [5.74, 6) is 2.04. The average Bonchev–Trinajstić information content (AvgIpc) is 4.13. The van der Waals surface area contributed by atoms with E-state index in [1.54, 1.807) is 18.2 Å². The van der Waals surface area contributed by atoms with E-state index in [0.29, 0.717) is 63.3 Å². The lowest BCUT2D eigenvalue weighted by Gasteiger charge is -2.14. The monoisotopic (exact) mass is 712 g/mol. The largest absolute Gasteiger partial charge is 0.494 e. The molecule has 10 nitrogen and oxygen atoms in total. The Morgan fingerprint density at radius 1 is 0.538 bits per heavy atom. The Morgan fingerprint density at radius 2 is 1.04 bits per heavy atom. The normalized spacial score (nSPS) is 15.8. The zero-order valence-corrected chi connectivity index (χ0v) is 29.6. The molecule has 2 fully saturated rings. The molecule has 2 unspecified atom stereocenters. The summed E-state index contributed by atoms with van der Waals surface area (Å²) < 4.78 is 51.1. The number of rotatable bonds is 25. The summed E-state index contributed by atoms with van der Waals surface area (Å²) in [7, 11) is 0. The Hall–Kier alpha value is -4.61. The topological polar surface area (TPSA) is 107 Å². The van der Waals surface area contributed by atoms with Crippen LogP contribution >= 0.6 is 0 Å². The van der Waals surface area contributed by atoms with Crippen molar-refractivity contribution in [3.05, 3.63) is 119 Å². The molecular formula is C42H48O10. The highest BCUT2D eigenvalue weighted by molar-refractivity contribution is 5.93. The van der Waals surface area contributed by atoms with Crippen LogP contribution in [0.5, 0.6) is 23.0 Å². The van der Waals surface area contributed by atoms with Gasteiger partial charge in [-0.3, -0.25) is 0 Å². The highest BCUT2D eigenvalue weighted by Gasteiger charge is 2.22. The number of carbonyl (C=O) groups is 1. The van der Waals surface area contributed by atoms with Crippen LogP contribution in [0.1, 0.15) is 52.7 Å². The molecule has 0 spiro atoms. The first-order valence-electron chi connectivity index (χ1n) is 18.1. The predicted octanol–water partition coefficient (Wildman–Crippen LogP) is 7.35. The Balaban J connectivity index is 0.971. The molecular weight excluding hydrogens is 664 g/mol. The van der Waals surface area contributed by atoms with Gasteiger partial charge in [-0.05, 0) is 84.8 Å². The zero-order valence-electron chi connectivity index (χ0n) is 29.6. The van der Waals surface area contributed by atoms with Gasteiger partial charge in [0.05, 0.1) is 39.6 Å². The van der Waals surface area contributed by atoms with Crippen LogP contribution < -0.4 is 18.9 Å². The van der Waals surface area contributed by atoms with E-state index in [-0.39, 0.29) is 18.8 Å². The molecule has 2 heterocycles. The Labute approximate surface area is 305 Å². The van der Waals surface area contributed by atoms with Crippen molar-refractivity contribution in [1.29, 1.82) is 0 Å². The summed E-state index contributed by atoms with van der Waals surface area (Å²) >= 11 is 0. The second kappa shape index (κ2) is 20.4. The Bertz CT molecular complexity index is 1620. The maximum Gasteiger partial charge on any atom is 0.342 e. The summed E-state index contributed by atoms with van der Waals surface area (Å²) in [6.07, 6.45) is 4.32. The van der Waals surface area contributed by atoms with Gasteiger partial charge >= 0.3 is 5.97 Å². The van der Waals surface area contributed by atoms with Crippen molar-refractivity contribution in [3.8, 4) is 23.0 Å². The average molecular weight is 713 g/mol. The number of ether oxygens (including phenoxy) is 9. The van der Waals surface area contributed by atoms with Crippen LogP contribution in [-0.4, -0.2) is 71.0 Å². The molecule has 0 radical (unpaired) electrons. The van der Waals surface area contributed by atoms with Gasteiger partial charge in [-0.2, -0.15) is 0 Å². The third kappa shape index (κ3) is 13.5. The van der Waals surface area contributed by atoms with Crippen LogP contribution in [0.15, 0.2) is 97.1 Å². The minimum atomic E-state index is -0.496. The van der Waals surface area contributed by atoms with Crippen LogP contribution in [-0.2, 0) is 43.5 Å². The lowest BCUT2D eigenvalue weighted by Crippen LogP contribution is -2.09. The molecule has 0 N–H and O–H groups in total. The first-order valence-corrected chi connectivity index (χ1v) is 18.1. The quantitative estimate of drug-likeness (QED) is 0.0393. The zero-order chi connectivity index (χ0) is 35.6. The molecule has 2 aliphatic rings. The summed E-state index contributed by atoms with van der Waals surface area (Å²) in [6, 6.07) is 30.4. The maximum atomic E-state index is 13.4. The number of esters is 1. The van der Waals surface area contributed by atoms with Gasteiger partial charge in [0.1, 0.15) is 60.6 Å². The molecule has 0 amide bonds. The van der Waals surface area contributed by atoms with E-state index in [4.69, 9.17) is 42.6 Å². The summed E-state index contributed by atoms with van der Waals surface area (Å²) in [5, 5.41) is 0. The molecule has 4 aromatic carbocycles. The molecule has 52 heavy (non-hydrogen) atoms. The van der Waals surface area contributed by atoms with Crippen molar-refractivity contribution in [1.82, 2.24) is 0 Å². The number of unbranched alkanes of at least 4 members (excludes halogenated alkanes) is 2. The van der Waals surface area contributed by atoms with Gasteiger partial charge in [0.2, 0.25) is 0 Å². The summed E-state index contributed by atoms with van der Waals surface area (Å²) in [5.41, 5.74) is 3.09. The molecule has 0 saturated carbocycles. The van der Waals surface area contributed by atoms with Gasteiger partial charge in [-0.15, -0.1) is 0 Å². The molecule has 4 aromatic rings. The molecule has 2 aliphatic heterocycles.